The molecule has 1 fully saturated rings. The second-order valence-electron chi connectivity index (χ2n) is 9.81. The van der Waals surface area contributed by atoms with Crippen LogP contribution in [-0.2, 0) is 9.47 Å². The number of fused-ring (bicyclic) bond motifs is 3. The molecule has 38 heavy (non-hydrogen) atoms. The number of aliphatic hydroxyl groups is 3. The van der Waals surface area contributed by atoms with Gasteiger partial charge in [-0.2, -0.15) is 0 Å². The van der Waals surface area contributed by atoms with Crippen LogP contribution in [0.2, 0.25) is 0 Å². The first-order valence-electron chi connectivity index (χ1n) is 12.2. The minimum Gasteiger partial charge on any atom is -0.507 e. The Morgan fingerprint density at radius 3 is 2.39 bits per heavy atom. The minimum atomic E-state index is -2.45. The molecule has 2 aromatic rings. The van der Waals surface area contributed by atoms with E-state index in [-0.39, 0.29) is 45.6 Å². The molecule has 11 heteroatoms. The van der Waals surface area contributed by atoms with Gasteiger partial charge in [-0.1, -0.05) is 19.1 Å². The van der Waals surface area contributed by atoms with E-state index in [1.54, 1.807) is 0 Å². The SMILES string of the molecule is CC[C@@]1(F)C[C@H](O[C@@H]2O[C@@H](C)[C@@H](O)[C@@H](O)[C@@H]2O)c2c(cc3c(c2O)C(=O)c2c(OC)cccc2C3=O)C1=O. The summed E-state index contributed by atoms with van der Waals surface area (Å²) in [6, 6.07) is 5.52. The molecule has 0 saturated carbocycles. The number of hydrogen-bond acceptors (Lipinski definition) is 10. The Bertz CT molecular complexity index is 1360. The van der Waals surface area contributed by atoms with E-state index < -0.39 is 72.0 Å². The summed E-state index contributed by atoms with van der Waals surface area (Å²) < 4.78 is 32.5. The first-order valence-corrected chi connectivity index (χ1v) is 12.2. The van der Waals surface area contributed by atoms with Crippen LogP contribution in [0.3, 0.4) is 0 Å². The topological polar surface area (TPSA) is 160 Å². The molecule has 10 nitrogen and oxygen atoms in total. The predicted molar refractivity (Wildman–Crippen MR) is 127 cm³/mol. The van der Waals surface area contributed by atoms with Gasteiger partial charge in [-0.25, -0.2) is 4.39 Å². The average molecular weight is 531 g/mol. The fourth-order valence-electron chi connectivity index (χ4n) is 5.44. The standard InChI is InChI=1S/C27H27FO10/c1-4-27(28)9-15(38-26-24(34)23(33)19(29)10(2)37-26)17-13(25(27)35)8-12-18(22(17)32)21(31)16-11(20(12)30)6-5-7-14(16)36-3/h5-8,10,15,19,23-24,26,29,32-34H,4,9H2,1-3H3/t10-,15-,19+,23+,24-,26-,27+/m0/s1. The zero-order valence-corrected chi connectivity index (χ0v) is 20.8. The van der Waals surface area contributed by atoms with Crippen molar-refractivity contribution in [2.75, 3.05) is 7.11 Å². The highest BCUT2D eigenvalue weighted by Crippen LogP contribution is 2.50. The average Bonchev–Trinajstić information content (AvgIpc) is 2.91. The summed E-state index contributed by atoms with van der Waals surface area (Å²) in [5.74, 6) is -2.99. The lowest BCUT2D eigenvalue weighted by Gasteiger charge is -2.42. The fourth-order valence-corrected chi connectivity index (χ4v) is 5.44. The Balaban J connectivity index is 1.67. The molecule has 0 radical (unpaired) electrons. The van der Waals surface area contributed by atoms with Crippen LogP contribution < -0.4 is 4.74 Å². The van der Waals surface area contributed by atoms with Crippen LogP contribution in [0.15, 0.2) is 24.3 Å². The van der Waals surface area contributed by atoms with E-state index in [4.69, 9.17) is 14.2 Å². The first-order chi connectivity index (χ1) is 17.9. The van der Waals surface area contributed by atoms with Gasteiger partial charge in [-0.15, -0.1) is 0 Å². The molecule has 2 aromatic carbocycles. The number of aromatic hydroxyl groups is 1. The van der Waals surface area contributed by atoms with Gasteiger partial charge in [0.05, 0.1) is 30.4 Å². The van der Waals surface area contributed by atoms with E-state index in [9.17, 15) is 34.8 Å². The number of ketones is 3. The van der Waals surface area contributed by atoms with Crippen LogP contribution in [0.5, 0.6) is 11.5 Å². The largest absolute Gasteiger partial charge is 0.507 e. The monoisotopic (exact) mass is 530 g/mol. The Morgan fingerprint density at radius 1 is 1.03 bits per heavy atom. The number of alkyl halides is 1. The van der Waals surface area contributed by atoms with Crippen LogP contribution >= 0.6 is 0 Å². The van der Waals surface area contributed by atoms with Crippen LogP contribution in [0.4, 0.5) is 4.39 Å². The van der Waals surface area contributed by atoms with E-state index >= 15 is 4.39 Å². The van der Waals surface area contributed by atoms with Crippen molar-refractivity contribution < 1.29 is 53.4 Å². The summed E-state index contributed by atoms with van der Waals surface area (Å²) in [4.78, 5) is 40.2. The van der Waals surface area contributed by atoms with Crippen molar-refractivity contribution >= 4 is 17.3 Å². The Hall–Kier alpha value is -3.22. The van der Waals surface area contributed by atoms with Crippen molar-refractivity contribution in [3.63, 3.8) is 0 Å². The molecular weight excluding hydrogens is 503 g/mol. The summed E-state index contributed by atoms with van der Waals surface area (Å²) in [6.07, 6.45) is -9.61. The molecule has 0 bridgehead atoms. The van der Waals surface area contributed by atoms with Crippen molar-refractivity contribution in [1.29, 1.82) is 0 Å². The van der Waals surface area contributed by atoms with Crippen molar-refractivity contribution in [3.8, 4) is 11.5 Å². The van der Waals surface area contributed by atoms with Gasteiger partial charge in [0.15, 0.2) is 17.7 Å². The molecule has 1 saturated heterocycles. The zero-order chi connectivity index (χ0) is 27.7. The quantitative estimate of drug-likeness (QED) is 0.391. The second-order valence-corrected chi connectivity index (χ2v) is 9.81. The number of Topliss-reactive ketones (excluding diaryl/α,β-unsaturated/α-hetero) is 1. The summed E-state index contributed by atoms with van der Waals surface area (Å²) in [5, 5.41) is 42.0. The van der Waals surface area contributed by atoms with Crippen LogP contribution in [0, 0.1) is 0 Å². The minimum absolute atomic E-state index is 0.0134. The molecule has 0 aromatic heterocycles. The van der Waals surface area contributed by atoms with Gasteiger partial charge in [-0.3, -0.25) is 14.4 Å². The van der Waals surface area contributed by atoms with Gasteiger partial charge < -0.3 is 34.6 Å². The third-order valence-corrected chi connectivity index (χ3v) is 7.68. The number of hydrogen-bond donors (Lipinski definition) is 4. The maximum absolute atomic E-state index is 15.9. The van der Waals surface area contributed by atoms with Gasteiger partial charge in [0.1, 0.15) is 29.8 Å². The number of phenols is 1. The molecule has 1 aliphatic heterocycles. The Kier molecular flexibility index (Phi) is 6.40. The molecule has 2 aliphatic carbocycles. The molecule has 0 unspecified atom stereocenters. The molecular formula is C27H27FO10. The summed E-state index contributed by atoms with van der Waals surface area (Å²) >= 11 is 0. The number of halogens is 1. The number of benzene rings is 2. The number of ether oxygens (including phenoxy) is 3. The van der Waals surface area contributed by atoms with E-state index in [0.29, 0.717) is 0 Å². The van der Waals surface area contributed by atoms with Gasteiger partial charge in [0.25, 0.3) is 0 Å². The number of aliphatic hydroxyl groups excluding tert-OH is 3. The normalized spacial score (nSPS) is 32.4. The third kappa shape index (κ3) is 3.69. The highest BCUT2D eigenvalue weighted by atomic mass is 19.1. The molecule has 7 atom stereocenters. The van der Waals surface area contributed by atoms with Gasteiger partial charge in [-0.05, 0) is 25.5 Å². The molecule has 0 spiro atoms. The highest BCUT2D eigenvalue weighted by molar-refractivity contribution is 6.31. The van der Waals surface area contributed by atoms with Crippen molar-refractivity contribution in [2.45, 2.75) is 69.2 Å². The van der Waals surface area contributed by atoms with Gasteiger partial charge in [0, 0.05) is 28.7 Å². The van der Waals surface area contributed by atoms with Crippen LogP contribution in [0.1, 0.15) is 80.6 Å². The smallest absolute Gasteiger partial charge is 0.201 e. The number of phenolic OH excluding ortho intramolecular Hbond substituents is 1. The van der Waals surface area contributed by atoms with Crippen molar-refractivity contribution in [1.82, 2.24) is 0 Å². The van der Waals surface area contributed by atoms with E-state index in [1.165, 1.54) is 39.2 Å². The second kappa shape index (κ2) is 9.21. The molecule has 3 aliphatic rings. The number of rotatable bonds is 4. The zero-order valence-electron chi connectivity index (χ0n) is 20.8. The number of methoxy groups -OCH3 is 1. The lowest BCUT2D eigenvalue weighted by Crippen LogP contribution is -2.57. The third-order valence-electron chi connectivity index (χ3n) is 7.68. The number of carbonyl (C=O) groups is 3. The lowest BCUT2D eigenvalue weighted by molar-refractivity contribution is -0.307. The molecule has 0 amide bonds. The van der Waals surface area contributed by atoms with Gasteiger partial charge >= 0.3 is 0 Å². The first kappa shape index (κ1) is 26.4. The van der Waals surface area contributed by atoms with E-state index in [2.05, 4.69) is 0 Å². The van der Waals surface area contributed by atoms with E-state index in [0.717, 1.165) is 6.07 Å². The van der Waals surface area contributed by atoms with Gasteiger partial charge in [0.2, 0.25) is 11.6 Å². The molecule has 202 valence electrons. The Labute approximate surface area is 216 Å². The molecule has 4 N–H and O–H groups in total. The molecule has 5 rings (SSSR count). The predicted octanol–water partition coefficient (Wildman–Crippen LogP) is 1.77. The maximum atomic E-state index is 15.9. The highest BCUT2D eigenvalue weighted by Gasteiger charge is 2.52. The lowest BCUT2D eigenvalue weighted by atomic mass is 9.73. The van der Waals surface area contributed by atoms with Crippen molar-refractivity contribution in [3.05, 3.63) is 57.6 Å². The summed E-state index contributed by atoms with van der Waals surface area (Å²) in [7, 11) is 1.32. The molecule has 1 heterocycles. The number of carbonyl (C=O) groups excluding carboxylic acids is 3. The van der Waals surface area contributed by atoms with Crippen molar-refractivity contribution in [2.24, 2.45) is 0 Å². The summed E-state index contributed by atoms with van der Waals surface area (Å²) in [6.45, 7) is 2.88. The Morgan fingerprint density at radius 2 is 1.74 bits per heavy atom. The van der Waals surface area contributed by atoms with Crippen LogP contribution in [-0.4, -0.2) is 81.3 Å². The summed E-state index contributed by atoms with van der Waals surface area (Å²) in [5.41, 5.74) is -3.73. The fraction of sp³-hybridized carbons (Fsp3) is 0.444. The maximum Gasteiger partial charge on any atom is 0.201 e. The van der Waals surface area contributed by atoms with Crippen LogP contribution in [0.25, 0.3) is 0 Å². The van der Waals surface area contributed by atoms with E-state index in [1.807, 2.05) is 0 Å².